The molecule has 1 fully saturated rings. The zero-order chi connectivity index (χ0) is 14.5. The van der Waals surface area contributed by atoms with Gasteiger partial charge in [0, 0.05) is 33.2 Å². The number of methoxy groups -OCH3 is 1. The third kappa shape index (κ3) is 4.16. The van der Waals surface area contributed by atoms with Crippen molar-refractivity contribution >= 4 is 5.91 Å². The van der Waals surface area contributed by atoms with E-state index in [0.29, 0.717) is 13.0 Å². The van der Waals surface area contributed by atoms with Crippen LogP contribution in [0.2, 0.25) is 0 Å². The van der Waals surface area contributed by atoms with Crippen LogP contribution in [0.25, 0.3) is 0 Å². The standard InChI is InChI=1S/C14H28N2O3/c1-11(2)14(5-7-15-10-14)12(17)16-9-13(3,18)6-8-19-4/h11,15,18H,5-10H2,1-4H3,(H,16,17). The van der Waals surface area contributed by atoms with E-state index in [-0.39, 0.29) is 23.8 Å². The number of rotatable bonds is 7. The van der Waals surface area contributed by atoms with Gasteiger partial charge in [0.2, 0.25) is 5.91 Å². The van der Waals surface area contributed by atoms with Crippen LogP contribution in [-0.4, -0.2) is 50.0 Å². The maximum atomic E-state index is 12.4. The molecular formula is C14H28N2O3. The molecule has 0 bridgehead atoms. The Morgan fingerprint density at radius 1 is 1.58 bits per heavy atom. The Kier molecular flexibility index (Phi) is 5.77. The summed E-state index contributed by atoms with van der Waals surface area (Å²) in [5.41, 5.74) is -1.26. The van der Waals surface area contributed by atoms with Crippen molar-refractivity contribution in [2.45, 2.75) is 39.2 Å². The van der Waals surface area contributed by atoms with Gasteiger partial charge in [0.05, 0.1) is 11.0 Å². The molecule has 0 radical (unpaired) electrons. The zero-order valence-electron chi connectivity index (χ0n) is 12.6. The Bertz CT molecular complexity index is 297. The number of amides is 1. The molecule has 1 amide bonds. The first-order valence-corrected chi connectivity index (χ1v) is 7.04. The SMILES string of the molecule is COCCC(C)(O)CNC(=O)C1(C(C)C)CCNC1. The lowest BCUT2D eigenvalue weighted by Gasteiger charge is -2.33. The summed E-state index contributed by atoms with van der Waals surface area (Å²) in [7, 11) is 1.60. The van der Waals surface area contributed by atoms with E-state index in [9.17, 15) is 9.90 Å². The fourth-order valence-corrected chi connectivity index (χ4v) is 2.52. The zero-order valence-corrected chi connectivity index (χ0v) is 12.6. The Morgan fingerprint density at radius 2 is 2.26 bits per heavy atom. The maximum Gasteiger partial charge on any atom is 0.227 e. The van der Waals surface area contributed by atoms with Crippen LogP contribution < -0.4 is 10.6 Å². The van der Waals surface area contributed by atoms with Crippen LogP contribution >= 0.6 is 0 Å². The molecule has 5 nitrogen and oxygen atoms in total. The van der Waals surface area contributed by atoms with E-state index in [1.54, 1.807) is 14.0 Å². The Hall–Kier alpha value is -0.650. The summed E-state index contributed by atoms with van der Waals surface area (Å²) in [6, 6.07) is 0. The van der Waals surface area contributed by atoms with Crippen LogP contribution in [-0.2, 0) is 9.53 Å². The number of nitrogens with one attached hydrogen (secondary N) is 2. The highest BCUT2D eigenvalue weighted by atomic mass is 16.5. The third-order valence-electron chi connectivity index (χ3n) is 4.22. The minimum Gasteiger partial charge on any atom is -0.388 e. The molecule has 1 aliphatic rings. The van der Waals surface area contributed by atoms with E-state index in [1.807, 2.05) is 0 Å². The first kappa shape index (κ1) is 16.4. The quantitative estimate of drug-likeness (QED) is 0.632. The van der Waals surface area contributed by atoms with Crippen molar-refractivity contribution in [2.24, 2.45) is 11.3 Å². The molecule has 0 aromatic rings. The summed E-state index contributed by atoms with van der Waals surface area (Å²) in [6.45, 7) is 8.23. The van der Waals surface area contributed by atoms with Gasteiger partial charge in [0.15, 0.2) is 0 Å². The van der Waals surface area contributed by atoms with Gasteiger partial charge in [0.1, 0.15) is 0 Å². The topological polar surface area (TPSA) is 70.6 Å². The molecule has 1 rings (SSSR count). The van der Waals surface area contributed by atoms with Crippen molar-refractivity contribution in [1.82, 2.24) is 10.6 Å². The molecule has 112 valence electrons. The second kappa shape index (κ2) is 6.68. The summed E-state index contributed by atoms with van der Waals surface area (Å²) in [6.07, 6.45) is 1.37. The molecular weight excluding hydrogens is 244 g/mol. The van der Waals surface area contributed by atoms with Gasteiger partial charge in [-0.2, -0.15) is 0 Å². The molecule has 0 aliphatic carbocycles. The fraction of sp³-hybridized carbons (Fsp3) is 0.929. The van der Waals surface area contributed by atoms with E-state index in [2.05, 4.69) is 24.5 Å². The Labute approximate surface area is 116 Å². The van der Waals surface area contributed by atoms with Gasteiger partial charge in [-0.1, -0.05) is 13.8 Å². The van der Waals surface area contributed by atoms with Crippen molar-refractivity contribution in [2.75, 3.05) is 33.4 Å². The van der Waals surface area contributed by atoms with Gasteiger partial charge in [-0.3, -0.25) is 4.79 Å². The molecule has 1 heterocycles. The molecule has 2 atom stereocenters. The number of carbonyl (C=O) groups is 1. The largest absolute Gasteiger partial charge is 0.388 e. The predicted octanol–water partition coefficient (Wildman–Crippen LogP) is 0.526. The highest BCUT2D eigenvalue weighted by molar-refractivity contribution is 5.83. The van der Waals surface area contributed by atoms with Crippen molar-refractivity contribution in [3.05, 3.63) is 0 Å². The van der Waals surface area contributed by atoms with Crippen LogP contribution in [0.1, 0.15) is 33.6 Å². The second-order valence-corrected chi connectivity index (χ2v) is 6.16. The molecule has 0 aromatic heterocycles. The molecule has 0 spiro atoms. The van der Waals surface area contributed by atoms with Crippen molar-refractivity contribution < 1.29 is 14.6 Å². The van der Waals surface area contributed by atoms with E-state index >= 15 is 0 Å². The summed E-state index contributed by atoms with van der Waals surface area (Å²) in [4.78, 5) is 12.4. The van der Waals surface area contributed by atoms with Crippen LogP contribution in [0.3, 0.4) is 0 Å². The van der Waals surface area contributed by atoms with Gasteiger partial charge in [-0.05, 0) is 25.8 Å². The number of hydrogen-bond donors (Lipinski definition) is 3. The highest BCUT2D eigenvalue weighted by Gasteiger charge is 2.44. The van der Waals surface area contributed by atoms with Gasteiger partial charge in [-0.15, -0.1) is 0 Å². The summed E-state index contributed by atoms with van der Waals surface area (Å²) in [5, 5.41) is 16.3. The number of ether oxygens (including phenoxy) is 1. The number of aliphatic hydroxyl groups is 1. The van der Waals surface area contributed by atoms with Gasteiger partial charge >= 0.3 is 0 Å². The summed E-state index contributed by atoms with van der Waals surface area (Å²) < 4.78 is 4.96. The van der Waals surface area contributed by atoms with Crippen molar-refractivity contribution in [3.8, 4) is 0 Å². The van der Waals surface area contributed by atoms with Gasteiger partial charge in [0.25, 0.3) is 0 Å². The average Bonchev–Trinajstić information content (AvgIpc) is 2.84. The lowest BCUT2D eigenvalue weighted by atomic mass is 9.75. The predicted molar refractivity (Wildman–Crippen MR) is 74.9 cm³/mol. The van der Waals surface area contributed by atoms with Crippen molar-refractivity contribution in [1.29, 1.82) is 0 Å². The number of carbonyl (C=O) groups excluding carboxylic acids is 1. The minimum absolute atomic E-state index is 0.0465. The van der Waals surface area contributed by atoms with Crippen LogP contribution in [0.4, 0.5) is 0 Å². The monoisotopic (exact) mass is 272 g/mol. The Balaban J connectivity index is 2.54. The van der Waals surface area contributed by atoms with Gasteiger partial charge in [-0.25, -0.2) is 0 Å². The molecule has 3 N–H and O–H groups in total. The summed E-state index contributed by atoms with van der Waals surface area (Å²) in [5.74, 6) is 0.330. The maximum absolute atomic E-state index is 12.4. The van der Waals surface area contributed by atoms with E-state index in [4.69, 9.17) is 4.74 Å². The highest BCUT2D eigenvalue weighted by Crippen LogP contribution is 2.34. The van der Waals surface area contributed by atoms with Crippen LogP contribution in [0.15, 0.2) is 0 Å². The smallest absolute Gasteiger partial charge is 0.227 e. The van der Waals surface area contributed by atoms with E-state index in [1.165, 1.54) is 0 Å². The lowest BCUT2D eigenvalue weighted by Crippen LogP contribution is -2.50. The van der Waals surface area contributed by atoms with E-state index in [0.717, 1.165) is 19.5 Å². The molecule has 1 aliphatic heterocycles. The minimum atomic E-state index is -0.921. The lowest BCUT2D eigenvalue weighted by molar-refractivity contribution is -0.133. The first-order valence-electron chi connectivity index (χ1n) is 7.04. The molecule has 1 saturated heterocycles. The van der Waals surface area contributed by atoms with Gasteiger partial charge < -0.3 is 20.5 Å². The van der Waals surface area contributed by atoms with Crippen LogP contribution in [0, 0.1) is 11.3 Å². The van der Waals surface area contributed by atoms with E-state index < -0.39 is 5.60 Å². The molecule has 0 aromatic carbocycles. The fourth-order valence-electron chi connectivity index (χ4n) is 2.52. The van der Waals surface area contributed by atoms with Crippen molar-refractivity contribution in [3.63, 3.8) is 0 Å². The third-order valence-corrected chi connectivity index (χ3v) is 4.22. The normalized spacial score (nSPS) is 26.4. The van der Waals surface area contributed by atoms with Crippen LogP contribution in [0.5, 0.6) is 0 Å². The second-order valence-electron chi connectivity index (χ2n) is 6.16. The molecule has 5 heteroatoms. The average molecular weight is 272 g/mol. The molecule has 0 saturated carbocycles. The molecule has 2 unspecified atom stereocenters. The first-order chi connectivity index (χ1) is 8.84. The molecule has 19 heavy (non-hydrogen) atoms. The Morgan fingerprint density at radius 3 is 2.74 bits per heavy atom. The summed E-state index contributed by atoms with van der Waals surface area (Å²) >= 11 is 0. The number of hydrogen-bond acceptors (Lipinski definition) is 4.